The minimum Gasteiger partial charge on any atom is -0.379 e. The zero-order valence-corrected chi connectivity index (χ0v) is 14.2. The van der Waals surface area contributed by atoms with Crippen molar-refractivity contribution in [3.05, 3.63) is 36.3 Å². The molecule has 1 aliphatic heterocycles. The molecule has 0 bridgehead atoms. The third-order valence-electron chi connectivity index (χ3n) is 4.26. The lowest BCUT2D eigenvalue weighted by atomic mass is 10.1. The molecule has 23 heavy (non-hydrogen) atoms. The number of imidazole rings is 1. The fourth-order valence-corrected chi connectivity index (χ4v) is 3.35. The van der Waals surface area contributed by atoms with E-state index in [0.29, 0.717) is 6.04 Å². The van der Waals surface area contributed by atoms with E-state index in [-0.39, 0.29) is 0 Å². The van der Waals surface area contributed by atoms with Crippen LogP contribution in [0.3, 0.4) is 0 Å². The summed E-state index contributed by atoms with van der Waals surface area (Å²) in [6.45, 7) is 7.77. The number of pyridine rings is 1. The van der Waals surface area contributed by atoms with Crippen LogP contribution in [0.1, 0.15) is 45.5 Å². The first-order valence-corrected chi connectivity index (χ1v) is 8.70. The normalized spacial score (nSPS) is 17.4. The first-order valence-electron chi connectivity index (χ1n) is 8.70. The van der Waals surface area contributed by atoms with Crippen LogP contribution < -0.4 is 0 Å². The van der Waals surface area contributed by atoms with Crippen molar-refractivity contribution in [3.63, 3.8) is 0 Å². The summed E-state index contributed by atoms with van der Waals surface area (Å²) in [5.74, 6) is 1.14. The molecule has 4 nitrogen and oxygen atoms in total. The van der Waals surface area contributed by atoms with E-state index in [4.69, 9.17) is 9.72 Å². The second-order valence-electron chi connectivity index (χ2n) is 5.67. The molecule has 0 fully saturated rings. The van der Waals surface area contributed by atoms with Gasteiger partial charge in [-0.25, -0.2) is 4.98 Å². The number of para-hydroxylation sites is 1. The van der Waals surface area contributed by atoms with Crippen LogP contribution in [0, 0.1) is 0 Å². The summed E-state index contributed by atoms with van der Waals surface area (Å²) in [7, 11) is 0. The van der Waals surface area contributed by atoms with Crippen molar-refractivity contribution < 1.29 is 4.74 Å². The van der Waals surface area contributed by atoms with Crippen molar-refractivity contribution in [3.8, 4) is 0 Å². The van der Waals surface area contributed by atoms with E-state index in [2.05, 4.69) is 34.7 Å². The molecule has 0 aliphatic carbocycles. The maximum Gasteiger partial charge on any atom is 0.112 e. The molecular weight excluding hydrogens is 286 g/mol. The maximum atomic E-state index is 5.78. The van der Waals surface area contributed by atoms with E-state index in [0.717, 1.165) is 49.3 Å². The van der Waals surface area contributed by atoms with Crippen LogP contribution in [-0.2, 0) is 11.2 Å². The Labute approximate surface area is 137 Å². The molecule has 1 aliphatic rings. The SMILES string of the molecule is CC.CCC[C@H]1COCCc2nc3cnc4ccccc4c3n21. The fourth-order valence-electron chi connectivity index (χ4n) is 3.35. The Balaban J connectivity index is 0.000000753. The van der Waals surface area contributed by atoms with Crippen molar-refractivity contribution in [2.24, 2.45) is 0 Å². The van der Waals surface area contributed by atoms with Gasteiger partial charge in [-0.15, -0.1) is 0 Å². The number of nitrogens with zero attached hydrogens (tertiary/aromatic N) is 3. The molecule has 0 saturated carbocycles. The van der Waals surface area contributed by atoms with Crippen molar-refractivity contribution in [1.82, 2.24) is 14.5 Å². The van der Waals surface area contributed by atoms with Gasteiger partial charge in [-0.05, 0) is 12.5 Å². The lowest BCUT2D eigenvalue weighted by molar-refractivity contribution is 0.116. The molecule has 1 atom stereocenters. The molecule has 2 aromatic heterocycles. The van der Waals surface area contributed by atoms with Gasteiger partial charge in [0.05, 0.1) is 36.5 Å². The summed E-state index contributed by atoms with van der Waals surface area (Å²) in [5.41, 5.74) is 3.26. The first kappa shape index (κ1) is 15.9. The van der Waals surface area contributed by atoms with Gasteiger partial charge in [-0.3, -0.25) is 4.98 Å². The Morgan fingerprint density at radius 1 is 1.22 bits per heavy atom. The standard InChI is InChI=1S/C17H19N3O.C2H6/c1-2-5-12-11-21-9-8-16-19-15-10-18-14-7-4-3-6-13(14)17(15)20(12)16;1-2/h3-4,6-7,10,12H,2,5,8-9,11H2,1H3;1-2H3/t12-;/m0./s1. The van der Waals surface area contributed by atoms with Crippen molar-refractivity contribution in [2.45, 2.75) is 46.1 Å². The highest BCUT2D eigenvalue weighted by Gasteiger charge is 2.23. The first-order chi connectivity index (χ1) is 11.4. The van der Waals surface area contributed by atoms with Crippen molar-refractivity contribution in [1.29, 1.82) is 0 Å². The number of fused-ring (bicyclic) bond motifs is 5. The highest BCUT2D eigenvalue weighted by molar-refractivity contribution is 6.02. The van der Waals surface area contributed by atoms with Crippen LogP contribution in [0.25, 0.3) is 21.9 Å². The van der Waals surface area contributed by atoms with E-state index >= 15 is 0 Å². The summed E-state index contributed by atoms with van der Waals surface area (Å²) in [4.78, 5) is 9.36. The van der Waals surface area contributed by atoms with Crippen LogP contribution in [0.5, 0.6) is 0 Å². The largest absolute Gasteiger partial charge is 0.379 e. The average Bonchev–Trinajstić information content (AvgIpc) is 2.87. The van der Waals surface area contributed by atoms with Crippen LogP contribution in [0.2, 0.25) is 0 Å². The number of rotatable bonds is 2. The van der Waals surface area contributed by atoms with Gasteiger partial charge in [0, 0.05) is 11.8 Å². The van der Waals surface area contributed by atoms with Gasteiger partial charge in [0.2, 0.25) is 0 Å². The third kappa shape index (κ3) is 2.83. The summed E-state index contributed by atoms with van der Waals surface area (Å²) in [6.07, 6.45) is 5.05. The van der Waals surface area contributed by atoms with E-state index in [9.17, 15) is 0 Å². The van der Waals surface area contributed by atoms with E-state index < -0.39 is 0 Å². The van der Waals surface area contributed by atoms with Gasteiger partial charge < -0.3 is 9.30 Å². The number of ether oxygens (including phenoxy) is 1. The van der Waals surface area contributed by atoms with Crippen molar-refractivity contribution in [2.75, 3.05) is 13.2 Å². The van der Waals surface area contributed by atoms with Crippen LogP contribution >= 0.6 is 0 Å². The van der Waals surface area contributed by atoms with E-state index in [1.165, 1.54) is 10.9 Å². The number of hydrogen-bond acceptors (Lipinski definition) is 3. The smallest absolute Gasteiger partial charge is 0.112 e. The summed E-state index contributed by atoms with van der Waals surface area (Å²) >= 11 is 0. The number of benzene rings is 1. The Morgan fingerprint density at radius 3 is 2.87 bits per heavy atom. The number of aromatic nitrogens is 3. The summed E-state index contributed by atoms with van der Waals surface area (Å²) in [5, 5.41) is 1.19. The predicted molar refractivity (Wildman–Crippen MR) is 94.9 cm³/mol. The Hall–Kier alpha value is -1.94. The molecule has 0 spiro atoms. The second-order valence-corrected chi connectivity index (χ2v) is 5.67. The topological polar surface area (TPSA) is 39.9 Å². The molecule has 4 rings (SSSR count). The highest BCUT2D eigenvalue weighted by atomic mass is 16.5. The molecule has 122 valence electrons. The quantitative estimate of drug-likeness (QED) is 0.698. The van der Waals surface area contributed by atoms with Gasteiger partial charge in [0.15, 0.2) is 0 Å². The Morgan fingerprint density at radius 2 is 2.04 bits per heavy atom. The molecule has 0 radical (unpaired) electrons. The van der Waals surface area contributed by atoms with Crippen LogP contribution in [0.15, 0.2) is 30.5 Å². The predicted octanol–water partition coefficient (Wildman–Crippen LogP) is 4.52. The molecule has 1 aromatic carbocycles. The molecule has 3 aromatic rings. The maximum absolute atomic E-state index is 5.78. The number of hydrogen-bond donors (Lipinski definition) is 0. The van der Waals surface area contributed by atoms with Gasteiger partial charge in [-0.1, -0.05) is 45.4 Å². The molecule has 0 amide bonds. The van der Waals surface area contributed by atoms with Crippen molar-refractivity contribution >= 4 is 21.9 Å². The second kappa shape index (κ2) is 7.09. The molecule has 0 saturated heterocycles. The highest BCUT2D eigenvalue weighted by Crippen LogP contribution is 2.31. The van der Waals surface area contributed by atoms with E-state index in [1.807, 2.05) is 26.1 Å². The minimum absolute atomic E-state index is 0.378. The van der Waals surface area contributed by atoms with Gasteiger partial charge in [0.1, 0.15) is 11.3 Å². The third-order valence-corrected chi connectivity index (χ3v) is 4.26. The Kier molecular flexibility index (Phi) is 4.91. The zero-order valence-electron chi connectivity index (χ0n) is 14.2. The van der Waals surface area contributed by atoms with Gasteiger partial charge in [0.25, 0.3) is 0 Å². The molecule has 3 heterocycles. The lowest BCUT2D eigenvalue weighted by Crippen LogP contribution is -2.14. The van der Waals surface area contributed by atoms with Gasteiger partial charge >= 0.3 is 0 Å². The summed E-state index contributed by atoms with van der Waals surface area (Å²) in [6, 6.07) is 8.70. The average molecular weight is 311 g/mol. The zero-order chi connectivity index (χ0) is 16.2. The summed E-state index contributed by atoms with van der Waals surface area (Å²) < 4.78 is 8.20. The van der Waals surface area contributed by atoms with Crippen LogP contribution in [0.4, 0.5) is 0 Å². The molecule has 4 heteroatoms. The Bertz CT molecular complexity index is 794. The molecular formula is C19H25N3O. The fraction of sp³-hybridized carbons (Fsp3) is 0.474. The lowest BCUT2D eigenvalue weighted by Gasteiger charge is -2.18. The minimum atomic E-state index is 0.378. The monoisotopic (exact) mass is 311 g/mol. The molecule has 0 N–H and O–H groups in total. The molecule has 0 unspecified atom stereocenters. The van der Waals surface area contributed by atoms with E-state index in [1.54, 1.807) is 0 Å². The van der Waals surface area contributed by atoms with Gasteiger partial charge in [-0.2, -0.15) is 0 Å². The van der Waals surface area contributed by atoms with Crippen LogP contribution in [-0.4, -0.2) is 27.7 Å².